The van der Waals surface area contributed by atoms with E-state index in [1.165, 1.54) is 31.0 Å². The van der Waals surface area contributed by atoms with Gasteiger partial charge in [0, 0.05) is 29.8 Å². The Bertz CT molecular complexity index is 1830. The molecule has 0 fully saturated rings. The Hall–Kier alpha value is -4.96. The van der Waals surface area contributed by atoms with Crippen LogP contribution in [0.2, 0.25) is 0 Å². The molecule has 2 heterocycles. The van der Waals surface area contributed by atoms with Crippen LogP contribution in [0.25, 0.3) is 16.6 Å². The van der Waals surface area contributed by atoms with Crippen molar-refractivity contribution < 1.29 is 28.5 Å². The number of aliphatic hydroxyl groups excluding tert-OH is 1. The number of carbonyl (C=O) groups excluding carboxylic acids is 1. The Morgan fingerprint density at radius 1 is 0.976 bits per heavy atom. The summed E-state index contributed by atoms with van der Waals surface area (Å²) >= 11 is 0. The van der Waals surface area contributed by atoms with Crippen LogP contribution >= 0.6 is 0 Å². The molecule has 0 saturated heterocycles. The van der Waals surface area contributed by atoms with Crippen LogP contribution in [0.3, 0.4) is 0 Å². The van der Waals surface area contributed by atoms with E-state index in [1.54, 1.807) is 73.3 Å². The summed E-state index contributed by atoms with van der Waals surface area (Å²) in [6.07, 6.45) is 0.592. The topological polar surface area (TPSA) is 105 Å². The smallest absolute Gasteiger partial charge is 0.282 e. The van der Waals surface area contributed by atoms with Crippen molar-refractivity contribution in [1.29, 1.82) is 0 Å². The Kier molecular flexibility index (Phi) is 8.08. The molecule has 10 heteroatoms. The van der Waals surface area contributed by atoms with Gasteiger partial charge in [0.25, 0.3) is 5.56 Å². The summed E-state index contributed by atoms with van der Waals surface area (Å²) in [6.45, 7) is 3.39. The number of Topliss-reactive ketones (excluding diaryl/α,β-unsaturated/α-hetero) is 1. The van der Waals surface area contributed by atoms with Crippen LogP contribution in [0.4, 0.5) is 4.39 Å². The quantitative estimate of drug-likeness (QED) is 0.228. The molecule has 5 rings (SSSR count). The molecule has 3 aromatic carbocycles. The third-order valence-corrected chi connectivity index (χ3v) is 6.90. The van der Waals surface area contributed by atoms with Gasteiger partial charge in [-0.05, 0) is 55.8 Å². The number of hydrogen-bond acceptors (Lipinski definition) is 7. The van der Waals surface area contributed by atoms with Crippen LogP contribution in [0.5, 0.6) is 23.0 Å². The molecule has 0 saturated carbocycles. The van der Waals surface area contributed by atoms with Crippen molar-refractivity contribution >= 4 is 16.7 Å². The minimum absolute atomic E-state index is 0.00660. The maximum atomic E-state index is 15.3. The van der Waals surface area contributed by atoms with E-state index >= 15 is 4.39 Å². The molecule has 0 bridgehead atoms. The van der Waals surface area contributed by atoms with Gasteiger partial charge in [0.15, 0.2) is 28.8 Å². The first kappa shape index (κ1) is 28.6. The second kappa shape index (κ2) is 11.9. The number of pyridine rings is 1. The summed E-state index contributed by atoms with van der Waals surface area (Å²) in [4.78, 5) is 31.2. The van der Waals surface area contributed by atoms with Crippen molar-refractivity contribution in [3.05, 3.63) is 106 Å². The SMILES string of the molecule is COc1cc2nccc(Oc3ccc(CC(=O)c4c(C)n(CC(C)O)n(-c5ccccc5)c4=O)cc3F)c2cc1OC. The van der Waals surface area contributed by atoms with Gasteiger partial charge < -0.3 is 19.3 Å². The molecule has 1 N–H and O–H groups in total. The number of aromatic nitrogens is 3. The highest BCUT2D eigenvalue weighted by atomic mass is 19.1. The number of rotatable bonds is 10. The molecule has 0 aliphatic heterocycles. The number of hydrogen-bond donors (Lipinski definition) is 1. The van der Waals surface area contributed by atoms with Gasteiger partial charge in [-0.2, -0.15) is 0 Å². The predicted octanol–water partition coefficient (Wildman–Crippen LogP) is 5.25. The molecule has 0 radical (unpaired) electrons. The molecule has 5 aromatic rings. The average Bonchev–Trinajstić information content (AvgIpc) is 3.22. The number of fused-ring (bicyclic) bond motifs is 1. The van der Waals surface area contributed by atoms with E-state index in [1.807, 2.05) is 6.07 Å². The standard InChI is InChI=1S/C32H30FN3O6/c1-19(37)18-35-20(2)31(32(39)36(35)22-8-6-5-7-9-22)26(38)15-21-10-11-28(24(33)14-21)42-27-12-13-34-25-17-30(41-4)29(40-3)16-23(25)27/h5-14,16-17,19,37H,15,18H2,1-4H3. The minimum atomic E-state index is -0.754. The maximum Gasteiger partial charge on any atom is 0.282 e. The second-order valence-electron chi connectivity index (χ2n) is 9.84. The van der Waals surface area contributed by atoms with E-state index in [9.17, 15) is 14.7 Å². The molecule has 2 aromatic heterocycles. The fraction of sp³-hybridized carbons (Fsp3) is 0.219. The van der Waals surface area contributed by atoms with Crippen LogP contribution in [-0.2, 0) is 13.0 Å². The zero-order valence-corrected chi connectivity index (χ0v) is 23.6. The Morgan fingerprint density at radius 2 is 1.69 bits per heavy atom. The molecule has 1 atom stereocenters. The molecule has 0 amide bonds. The van der Waals surface area contributed by atoms with E-state index in [4.69, 9.17) is 14.2 Å². The summed E-state index contributed by atoms with van der Waals surface area (Å²) in [6, 6.07) is 18.2. The van der Waals surface area contributed by atoms with Crippen LogP contribution in [0.1, 0.15) is 28.5 Å². The Morgan fingerprint density at radius 3 is 2.36 bits per heavy atom. The first-order valence-corrected chi connectivity index (χ1v) is 13.3. The van der Waals surface area contributed by atoms with Crippen molar-refractivity contribution in [1.82, 2.24) is 14.3 Å². The molecule has 42 heavy (non-hydrogen) atoms. The Labute approximate surface area is 241 Å². The fourth-order valence-electron chi connectivity index (χ4n) is 4.93. The van der Waals surface area contributed by atoms with Gasteiger partial charge in [-0.25, -0.2) is 9.07 Å². The number of carbonyl (C=O) groups is 1. The number of nitrogens with zero attached hydrogens (tertiary/aromatic N) is 3. The number of para-hydroxylation sites is 1. The molecular weight excluding hydrogens is 541 g/mol. The molecular formula is C32H30FN3O6. The highest BCUT2D eigenvalue weighted by Crippen LogP contribution is 2.37. The lowest BCUT2D eigenvalue weighted by molar-refractivity contribution is 0.0990. The average molecular weight is 572 g/mol. The highest BCUT2D eigenvalue weighted by Gasteiger charge is 2.25. The lowest BCUT2D eigenvalue weighted by Crippen LogP contribution is -2.26. The van der Waals surface area contributed by atoms with Crippen molar-refractivity contribution in [2.24, 2.45) is 0 Å². The summed E-state index contributed by atoms with van der Waals surface area (Å²) in [5.41, 5.74) is 1.44. The van der Waals surface area contributed by atoms with Gasteiger partial charge in [0.1, 0.15) is 11.3 Å². The molecule has 1 unspecified atom stereocenters. The predicted molar refractivity (Wildman–Crippen MR) is 156 cm³/mol. The Balaban J connectivity index is 1.43. The summed E-state index contributed by atoms with van der Waals surface area (Å²) in [5, 5.41) is 10.7. The van der Waals surface area contributed by atoms with E-state index in [0.29, 0.717) is 45.1 Å². The summed E-state index contributed by atoms with van der Waals surface area (Å²) < 4.78 is 34.8. The lowest BCUT2D eigenvalue weighted by atomic mass is 10.0. The number of benzene rings is 3. The number of halogens is 1. The third-order valence-electron chi connectivity index (χ3n) is 6.90. The van der Waals surface area contributed by atoms with Crippen LogP contribution in [0, 0.1) is 12.7 Å². The van der Waals surface area contributed by atoms with Crippen molar-refractivity contribution in [2.45, 2.75) is 32.9 Å². The molecule has 0 aliphatic rings. The number of ketones is 1. The van der Waals surface area contributed by atoms with Crippen molar-refractivity contribution in [3.8, 4) is 28.7 Å². The third kappa shape index (κ3) is 5.48. The lowest BCUT2D eigenvalue weighted by Gasteiger charge is -2.15. The first-order valence-electron chi connectivity index (χ1n) is 13.3. The van der Waals surface area contributed by atoms with Gasteiger partial charge >= 0.3 is 0 Å². The minimum Gasteiger partial charge on any atom is -0.493 e. The molecule has 9 nitrogen and oxygen atoms in total. The molecule has 0 aliphatic carbocycles. The normalized spacial score (nSPS) is 11.9. The zero-order valence-electron chi connectivity index (χ0n) is 23.6. The first-order chi connectivity index (χ1) is 20.2. The van der Waals surface area contributed by atoms with Gasteiger partial charge in [0.2, 0.25) is 0 Å². The maximum absolute atomic E-state index is 15.3. The van der Waals surface area contributed by atoms with Crippen LogP contribution < -0.4 is 19.8 Å². The van der Waals surface area contributed by atoms with Gasteiger partial charge in [0.05, 0.1) is 38.1 Å². The second-order valence-corrected chi connectivity index (χ2v) is 9.84. The van der Waals surface area contributed by atoms with Gasteiger partial charge in [-0.1, -0.05) is 24.3 Å². The monoisotopic (exact) mass is 571 g/mol. The van der Waals surface area contributed by atoms with Crippen molar-refractivity contribution in [3.63, 3.8) is 0 Å². The van der Waals surface area contributed by atoms with Crippen LogP contribution in [-0.4, -0.2) is 45.6 Å². The highest BCUT2D eigenvalue weighted by molar-refractivity contribution is 5.98. The molecule has 216 valence electrons. The summed E-state index contributed by atoms with van der Waals surface area (Å²) in [5.74, 6) is 0.166. The van der Waals surface area contributed by atoms with Gasteiger partial charge in [-0.3, -0.25) is 19.3 Å². The van der Waals surface area contributed by atoms with Crippen molar-refractivity contribution in [2.75, 3.05) is 14.2 Å². The number of aliphatic hydroxyl groups is 1. The van der Waals surface area contributed by atoms with E-state index in [0.717, 1.165) is 0 Å². The van der Waals surface area contributed by atoms with Gasteiger partial charge in [-0.15, -0.1) is 0 Å². The summed E-state index contributed by atoms with van der Waals surface area (Å²) in [7, 11) is 3.04. The zero-order chi connectivity index (χ0) is 30.0. The molecule has 0 spiro atoms. The number of methoxy groups -OCH3 is 2. The number of ether oxygens (including phenoxy) is 3. The van der Waals surface area contributed by atoms with E-state index < -0.39 is 23.3 Å². The largest absolute Gasteiger partial charge is 0.493 e. The van der Waals surface area contributed by atoms with E-state index in [2.05, 4.69) is 4.98 Å². The van der Waals surface area contributed by atoms with E-state index in [-0.39, 0.29) is 24.3 Å². The fourth-order valence-corrected chi connectivity index (χ4v) is 4.93. The van der Waals surface area contributed by atoms with Crippen LogP contribution in [0.15, 0.2) is 77.7 Å².